The van der Waals surface area contributed by atoms with Crippen molar-refractivity contribution in [3.8, 4) is 5.69 Å². The molecule has 5 nitrogen and oxygen atoms in total. The molecule has 3 rings (SSSR count). The standard InChI is InChI=1S/C15H16N4OS/c1-11(2)21(16,20)14-5-6-15-12(8-14)10-19(18-15)13-4-3-7-17-9-13/h3-11,16H,1-2H3. The van der Waals surface area contributed by atoms with E-state index in [-0.39, 0.29) is 5.25 Å². The van der Waals surface area contributed by atoms with E-state index in [1.54, 1.807) is 43.1 Å². The Morgan fingerprint density at radius 3 is 2.76 bits per heavy atom. The van der Waals surface area contributed by atoms with Crippen LogP contribution >= 0.6 is 0 Å². The predicted octanol–water partition coefficient (Wildman–Crippen LogP) is 3.23. The predicted molar refractivity (Wildman–Crippen MR) is 83.1 cm³/mol. The van der Waals surface area contributed by atoms with Crippen LogP contribution in [-0.2, 0) is 9.73 Å². The summed E-state index contributed by atoms with van der Waals surface area (Å²) in [5.74, 6) is 0. The number of hydrogen-bond donors (Lipinski definition) is 1. The van der Waals surface area contributed by atoms with Gasteiger partial charge in [0.15, 0.2) is 0 Å². The lowest BCUT2D eigenvalue weighted by Crippen LogP contribution is -2.12. The van der Waals surface area contributed by atoms with Gasteiger partial charge in [0.05, 0.1) is 27.1 Å². The Bertz CT molecular complexity index is 882. The van der Waals surface area contributed by atoms with E-state index in [9.17, 15) is 4.21 Å². The largest absolute Gasteiger partial charge is 0.262 e. The molecule has 0 spiro atoms. The van der Waals surface area contributed by atoms with Gasteiger partial charge in [-0.05, 0) is 44.2 Å². The minimum absolute atomic E-state index is 0.219. The van der Waals surface area contributed by atoms with Crippen molar-refractivity contribution in [2.45, 2.75) is 24.0 Å². The van der Waals surface area contributed by atoms with Gasteiger partial charge in [0.25, 0.3) is 0 Å². The third-order valence-electron chi connectivity index (χ3n) is 3.40. The average Bonchev–Trinajstić information content (AvgIpc) is 2.91. The maximum absolute atomic E-state index is 12.4. The number of nitrogens with zero attached hydrogens (tertiary/aromatic N) is 3. The van der Waals surface area contributed by atoms with E-state index in [4.69, 9.17) is 4.78 Å². The summed E-state index contributed by atoms with van der Waals surface area (Å²) < 4.78 is 22.2. The van der Waals surface area contributed by atoms with Gasteiger partial charge >= 0.3 is 0 Å². The molecular weight excluding hydrogens is 284 g/mol. The van der Waals surface area contributed by atoms with E-state index < -0.39 is 9.73 Å². The van der Waals surface area contributed by atoms with Crippen LogP contribution in [0.25, 0.3) is 16.6 Å². The molecule has 0 fully saturated rings. The molecular formula is C15H16N4OS. The number of pyridine rings is 1. The van der Waals surface area contributed by atoms with Crippen molar-refractivity contribution in [2.75, 3.05) is 0 Å². The lowest BCUT2D eigenvalue weighted by molar-refractivity contribution is 0.667. The van der Waals surface area contributed by atoms with Gasteiger partial charge in [0.2, 0.25) is 0 Å². The highest BCUT2D eigenvalue weighted by atomic mass is 32.2. The van der Waals surface area contributed by atoms with Gasteiger partial charge in [-0.1, -0.05) is 0 Å². The number of rotatable bonds is 3. The molecule has 0 bridgehead atoms. The Labute approximate surface area is 123 Å². The first-order valence-electron chi connectivity index (χ1n) is 6.66. The van der Waals surface area contributed by atoms with E-state index >= 15 is 0 Å². The van der Waals surface area contributed by atoms with E-state index in [2.05, 4.69) is 10.1 Å². The molecule has 0 amide bonds. The van der Waals surface area contributed by atoms with Crippen molar-refractivity contribution in [1.82, 2.24) is 14.8 Å². The van der Waals surface area contributed by atoms with E-state index in [0.29, 0.717) is 4.90 Å². The number of fused-ring (bicyclic) bond motifs is 1. The Kier molecular flexibility index (Phi) is 3.25. The summed E-state index contributed by atoms with van der Waals surface area (Å²) in [4.78, 5) is 4.63. The summed E-state index contributed by atoms with van der Waals surface area (Å²) in [7, 11) is -2.77. The smallest absolute Gasteiger partial charge is 0.0928 e. The first-order valence-corrected chi connectivity index (χ1v) is 8.28. The Morgan fingerprint density at radius 1 is 1.29 bits per heavy atom. The minimum Gasteiger partial charge on any atom is -0.262 e. The molecule has 1 N–H and O–H groups in total. The average molecular weight is 300 g/mol. The lowest BCUT2D eigenvalue weighted by Gasteiger charge is -2.10. The van der Waals surface area contributed by atoms with Crippen LogP contribution in [0, 0.1) is 4.78 Å². The zero-order valence-corrected chi connectivity index (χ0v) is 12.7. The molecule has 1 unspecified atom stereocenters. The molecule has 0 aliphatic rings. The van der Waals surface area contributed by atoms with Crippen molar-refractivity contribution < 1.29 is 4.21 Å². The van der Waals surface area contributed by atoms with Crippen LogP contribution in [0.1, 0.15) is 13.8 Å². The molecule has 6 heteroatoms. The zero-order chi connectivity index (χ0) is 15.0. The van der Waals surface area contributed by atoms with E-state index in [0.717, 1.165) is 16.6 Å². The van der Waals surface area contributed by atoms with Crippen molar-refractivity contribution >= 4 is 20.6 Å². The topological polar surface area (TPSA) is 71.6 Å². The first kappa shape index (κ1) is 13.8. The van der Waals surface area contributed by atoms with Crippen molar-refractivity contribution in [1.29, 1.82) is 4.78 Å². The quantitative estimate of drug-likeness (QED) is 0.807. The van der Waals surface area contributed by atoms with Crippen LogP contribution in [-0.4, -0.2) is 24.2 Å². The van der Waals surface area contributed by atoms with Gasteiger partial charge in [-0.3, -0.25) is 4.98 Å². The van der Waals surface area contributed by atoms with Crippen LogP contribution in [0.2, 0.25) is 0 Å². The lowest BCUT2D eigenvalue weighted by atomic mass is 10.3. The zero-order valence-electron chi connectivity index (χ0n) is 11.9. The summed E-state index contributed by atoms with van der Waals surface area (Å²) in [5, 5.41) is 5.13. The highest BCUT2D eigenvalue weighted by molar-refractivity contribution is 7.93. The Morgan fingerprint density at radius 2 is 2.10 bits per heavy atom. The fourth-order valence-electron chi connectivity index (χ4n) is 2.09. The fraction of sp³-hybridized carbons (Fsp3) is 0.200. The van der Waals surface area contributed by atoms with Crippen LogP contribution < -0.4 is 0 Å². The third-order valence-corrected chi connectivity index (χ3v) is 5.68. The van der Waals surface area contributed by atoms with Gasteiger partial charge in [0.1, 0.15) is 0 Å². The minimum atomic E-state index is -2.77. The fourth-order valence-corrected chi connectivity index (χ4v) is 3.20. The van der Waals surface area contributed by atoms with Crippen molar-refractivity contribution in [2.24, 2.45) is 0 Å². The van der Waals surface area contributed by atoms with Gasteiger partial charge in [-0.25, -0.2) is 13.7 Å². The molecule has 2 heterocycles. The molecule has 1 atom stereocenters. The highest BCUT2D eigenvalue weighted by Crippen LogP contribution is 2.23. The molecule has 0 aliphatic heterocycles. The second-order valence-electron chi connectivity index (χ2n) is 5.15. The summed E-state index contributed by atoms with van der Waals surface area (Å²) in [6, 6.07) is 9.11. The number of hydrogen-bond acceptors (Lipinski definition) is 4. The first-order chi connectivity index (χ1) is 9.98. The molecule has 2 aromatic heterocycles. The molecule has 3 aromatic rings. The van der Waals surface area contributed by atoms with Crippen LogP contribution in [0.5, 0.6) is 0 Å². The van der Waals surface area contributed by atoms with E-state index in [1.165, 1.54) is 0 Å². The molecule has 0 saturated carbocycles. The maximum atomic E-state index is 12.4. The summed E-state index contributed by atoms with van der Waals surface area (Å²) in [6.45, 7) is 3.61. The van der Waals surface area contributed by atoms with Gasteiger partial charge < -0.3 is 0 Å². The van der Waals surface area contributed by atoms with Crippen LogP contribution in [0.15, 0.2) is 53.8 Å². The molecule has 1 aromatic carbocycles. The molecule has 0 aliphatic carbocycles. The van der Waals surface area contributed by atoms with Gasteiger partial charge in [-0.15, -0.1) is 0 Å². The summed E-state index contributed by atoms with van der Waals surface area (Å²) >= 11 is 0. The molecule has 0 saturated heterocycles. The summed E-state index contributed by atoms with van der Waals surface area (Å²) in [5.41, 5.74) is 1.67. The SMILES string of the molecule is CC(C)S(=N)(=O)c1ccc2nn(-c3cccnc3)cc2c1. The summed E-state index contributed by atoms with van der Waals surface area (Å²) in [6.07, 6.45) is 5.31. The third kappa shape index (κ3) is 2.42. The van der Waals surface area contributed by atoms with Crippen molar-refractivity contribution in [3.05, 3.63) is 48.9 Å². The van der Waals surface area contributed by atoms with E-state index in [1.807, 2.05) is 24.4 Å². The second kappa shape index (κ2) is 4.96. The maximum Gasteiger partial charge on any atom is 0.0928 e. The Balaban J connectivity index is 2.12. The van der Waals surface area contributed by atoms with Gasteiger partial charge in [-0.2, -0.15) is 5.10 Å². The molecule has 0 radical (unpaired) electrons. The van der Waals surface area contributed by atoms with Crippen molar-refractivity contribution in [3.63, 3.8) is 0 Å². The second-order valence-corrected chi connectivity index (χ2v) is 7.77. The number of benzene rings is 1. The normalized spacial score (nSPS) is 14.4. The Hall–Kier alpha value is -2.21. The van der Waals surface area contributed by atoms with Crippen LogP contribution in [0.3, 0.4) is 0 Å². The number of nitrogens with one attached hydrogen (secondary N) is 1. The monoisotopic (exact) mass is 300 g/mol. The van der Waals surface area contributed by atoms with Gasteiger partial charge in [0, 0.05) is 27.9 Å². The highest BCUT2D eigenvalue weighted by Gasteiger charge is 2.16. The molecule has 21 heavy (non-hydrogen) atoms. The van der Waals surface area contributed by atoms with Crippen LogP contribution in [0.4, 0.5) is 0 Å². The molecule has 108 valence electrons. The number of aromatic nitrogens is 3.